The van der Waals surface area contributed by atoms with Crippen LogP contribution in [0.15, 0.2) is 0 Å². The molecule has 2 rings (SSSR count). The average Bonchev–Trinajstić information content (AvgIpc) is 2.50. The number of hydrogen-bond donors (Lipinski definition) is 1. The zero-order valence-corrected chi connectivity index (χ0v) is 10.5. The van der Waals surface area contributed by atoms with Crippen LogP contribution in [0.3, 0.4) is 0 Å². The Labute approximate surface area is 102 Å². The van der Waals surface area contributed by atoms with Gasteiger partial charge in [0.1, 0.15) is 0 Å². The van der Waals surface area contributed by atoms with E-state index in [2.05, 4.69) is 12.2 Å². The van der Waals surface area contributed by atoms with Gasteiger partial charge in [0, 0.05) is 25.6 Å². The third-order valence-corrected chi connectivity index (χ3v) is 4.12. The Balaban J connectivity index is 2.23. The second kappa shape index (κ2) is 5.17. The maximum atomic E-state index is 12.0. The zero-order chi connectivity index (χ0) is 12.3. The standard InChI is InChI=1S/C13H21NO3/c1-2-4-10-12(16)14-11(15)9-13(10)5-3-7-17-8-6-13/h10H,2-9H2,1H3,(H,14,15,16). The quantitative estimate of drug-likeness (QED) is 0.745. The van der Waals surface area contributed by atoms with Crippen molar-refractivity contribution in [2.24, 2.45) is 11.3 Å². The summed E-state index contributed by atoms with van der Waals surface area (Å²) in [4.78, 5) is 23.6. The van der Waals surface area contributed by atoms with Crippen LogP contribution in [0.25, 0.3) is 0 Å². The van der Waals surface area contributed by atoms with Crippen molar-refractivity contribution < 1.29 is 14.3 Å². The van der Waals surface area contributed by atoms with Gasteiger partial charge >= 0.3 is 0 Å². The Morgan fingerprint density at radius 3 is 2.94 bits per heavy atom. The van der Waals surface area contributed by atoms with E-state index in [1.54, 1.807) is 0 Å². The number of rotatable bonds is 2. The van der Waals surface area contributed by atoms with Crippen LogP contribution in [-0.2, 0) is 14.3 Å². The van der Waals surface area contributed by atoms with Gasteiger partial charge in [-0.25, -0.2) is 0 Å². The fourth-order valence-corrected chi connectivity index (χ4v) is 3.27. The second-order valence-electron chi connectivity index (χ2n) is 5.26. The summed E-state index contributed by atoms with van der Waals surface area (Å²) in [6.07, 6.45) is 5.09. The summed E-state index contributed by atoms with van der Waals surface area (Å²) in [5, 5.41) is 2.49. The molecule has 0 aromatic rings. The summed E-state index contributed by atoms with van der Waals surface area (Å²) in [7, 11) is 0. The molecule has 0 radical (unpaired) electrons. The maximum Gasteiger partial charge on any atom is 0.230 e. The Hall–Kier alpha value is -0.900. The Morgan fingerprint density at radius 2 is 2.18 bits per heavy atom. The van der Waals surface area contributed by atoms with Crippen LogP contribution in [0.5, 0.6) is 0 Å². The first-order chi connectivity index (χ1) is 8.18. The highest BCUT2D eigenvalue weighted by Crippen LogP contribution is 2.45. The van der Waals surface area contributed by atoms with Crippen LogP contribution in [0.1, 0.15) is 45.4 Å². The molecule has 2 atom stereocenters. The summed E-state index contributed by atoms with van der Waals surface area (Å²) >= 11 is 0. The highest BCUT2D eigenvalue weighted by Gasteiger charge is 2.47. The molecule has 1 spiro atoms. The number of ether oxygens (including phenoxy) is 1. The third-order valence-electron chi connectivity index (χ3n) is 4.12. The largest absolute Gasteiger partial charge is 0.381 e. The summed E-state index contributed by atoms with van der Waals surface area (Å²) in [6, 6.07) is 0. The van der Waals surface area contributed by atoms with E-state index < -0.39 is 0 Å². The fourth-order valence-electron chi connectivity index (χ4n) is 3.27. The zero-order valence-electron chi connectivity index (χ0n) is 10.5. The lowest BCUT2D eigenvalue weighted by atomic mass is 9.64. The molecule has 0 bridgehead atoms. The summed E-state index contributed by atoms with van der Waals surface area (Å²) in [5.74, 6) is -0.179. The van der Waals surface area contributed by atoms with Crippen LogP contribution in [0.2, 0.25) is 0 Å². The van der Waals surface area contributed by atoms with Crippen molar-refractivity contribution in [2.45, 2.75) is 45.4 Å². The molecule has 4 nitrogen and oxygen atoms in total. The Morgan fingerprint density at radius 1 is 1.35 bits per heavy atom. The van der Waals surface area contributed by atoms with E-state index in [-0.39, 0.29) is 23.1 Å². The van der Waals surface area contributed by atoms with Crippen molar-refractivity contribution in [3.63, 3.8) is 0 Å². The number of piperidine rings is 1. The Bertz CT molecular complexity index is 306. The van der Waals surface area contributed by atoms with Crippen molar-refractivity contribution in [3.8, 4) is 0 Å². The van der Waals surface area contributed by atoms with Gasteiger partial charge in [-0.3, -0.25) is 14.9 Å². The van der Waals surface area contributed by atoms with Gasteiger partial charge in [-0.1, -0.05) is 13.3 Å². The molecule has 0 saturated carbocycles. The van der Waals surface area contributed by atoms with Gasteiger partial charge in [0.25, 0.3) is 0 Å². The fraction of sp³-hybridized carbons (Fsp3) is 0.846. The van der Waals surface area contributed by atoms with Gasteiger partial charge in [0.05, 0.1) is 0 Å². The van der Waals surface area contributed by atoms with Crippen LogP contribution >= 0.6 is 0 Å². The van der Waals surface area contributed by atoms with Crippen LogP contribution < -0.4 is 5.32 Å². The van der Waals surface area contributed by atoms with E-state index in [1.165, 1.54) is 0 Å². The van der Waals surface area contributed by atoms with Crippen molar-refractivity contribution >= 4 is 11.8 Å². The van der Waals surface area contributed by atoms with Crippen LogP contribution in [0.4, 0.5) is 0 Å². The first kappa shape index (κ1) is 12.6. The molecule has 0 aromatic heterocycles. The van der Waals surface area contributed by atoms with Crippen molar-refractivity contribution in [2.75, 3.05) is 13.2 Å². The molecule has 2 amide bonds. The van der Waals surface area contributed by atoms with E-state index in [0.29, 0.717) is 13.0 Å². The highest BCUT2D eigenvalue weighted by atomic mass is 16.5. The smallest absolute Gasteiger partial charge is 0.230 e. The first-order valence-corrected chi connectivity index (χ1v) is 6.59. The van der Waals surface area contributed by atoms with Gasteiger partial charge in [-0.15, -0.1) is 0 Å². The molecular weight excluding hydrogens is 218 g/mol. The van der Waals surface area contributed by atoms with Crippen molar-refractivity contribution in [3.05, 3.63) is 0 Å². The van der Waals surface area contributed by atoms with Crippen LogP contribution in [0, 0.1) is 11.3 Å². The predicted molar refractivity (Wildman–Crippen MR) is 63.3 cm³/mol. The lowest BCUT2D eigenvalue weighted by Crippen LogP contribution is -2.52. The molecule has 0 aliphatic carbocycles. The minimum absolute atomic E-state index is 0.00750. The molecule has 2 aliphatic heterocycles. The highest BCUT2D eigenvalue weighted by molar-refractivity contribution is 5.99. The monoisotopic (exact) mass is 239 g/mol. The van der Waals surface area contributed by atoms with Gasteiger partial charge in [0.2, 0.25) is 11.8 Å². The molecule has 2 aliphatic rings. The minimum Gasteiger partial charge on any atom is -0.381 e. The van der Waals surface area contributed by atoms with E-state index in [1.807, 2.05) is 0 Å². The van der Waals surface area contributed by atoms with Crippen molar-refractivity contribution in [1.29, 1.82) is 0 Å². The minimum atomic E-state index is -0.133. The van der Waals surface area contributed by atoms with Gasteiger partial charge in [0.15, 0.2) is 0 Å². The first-order valence-electron chi connectivity index (χ1n) is 6.59. The van der Waals surface area contributed by atoms with Gasteiger partial charge < -0.3 is 4.74 Å². The molecule has 2 heterocycles. The maximum absolute atomic E-state index is 12.0. The predicted octanol–water partition coefficient (Wildman–Crippen LogP) is 1.64. The SMILES string of the molecule is CCCC1C(=O)NC(=O)CC12CCCOCC2. The average molecular weight is 239 g/mol. The molecule has 2 fully saturated rings. The topological polar surface area (TPSA) is 55.4 Å². The summed E-state index contributed by atoms with van der Waals surface area (Å²) in [6.45, 7) is 3.53. The molecular formula is C13H21NO3. The van der Waals surface area contributed by atoms with Crippen molar-refractivity contribution in [1.82, 2.24) is 5.32 Å². The van der Waals surface area contributed by atoms with E-state index in [9.17, 15) is 9.59 Å². The van der Waals surface area contributed by atoms with Gasteiger partial charge in [-0.2, -0.15) is 0 Å². The lowest BCUT2D eigenvalue weighted by Gasteiger charge is -2.42. The van der Waals surface area contributed by atoms with E-state index in [4.69, 9.17) is 4.74 Å². The van der Waals surface area contributed by atoms with Crippen LogP contribution in [-0.4, -0.2) is 25.0 Å². The number of carbonyl (C=O) groups is 2. The summed E-state index contributed by atoms with van der Waals surface area (Å²) < 4.78 is 5.48. The molecule has 2 saturated heterocycles. The second-order valence-corrected chi connectivity index (χ2v) is 5.26. The molecule has 1 N–H and O–H groups in total. The number of imide groups is 1. The number of hydrogen-bond acceptors (Lipinski definition) is 3. The third kappa shape index (κ3) is 2.51. The van der Waals surface area contributed by atoms with E-state index >= 15 is 0 Å². The number of carbonyl (C=O) groups excluding carboxylic acids is 2. The van der Waals surface area contributed by atoms with E-state index in [0.717, 1.165) is 38.7 Å². The summed E-state index contributed by atoms with van der Waals surface area (Å²) in [5.41, 5.74) is -0.133. The molecule has 96 valence electrons. The lowest BCUT2D eigenvalue weighted by molar-refractivity contribution is -0.145. The molecule has 0 aromatic carbocycles. The molecule has 2 unspecified atom stereocenters. The number of amides is 2. The molecule has 17 heavy (non-hydrogen) atoms. The van der Waals surface area contributed by atoms with Gasteiger partial charge in [-0.05, 0) is 31.1 Å². The Kier molecular flexibility index (Phi) is 3.82. The normalized spacial score (nSPS) is 34.5. The molecule has 4 heteroatoms. The number of nitrogens with one attached hydrogen (secondary N) is 1.